The molecule has 21 heavy (non-hydrogen) atoms. The van der Waals surface area contributed by atoms with E-state index in [1.54, 1.807) is 0 Å². The SMILES string of the molecule is CNC(c1ccc(Br)cc1Cl)c1ccccc1OC(C)C. The third kappa shape index (κ3) is 4.00. The van der Waals surface area contributed by atoms with Crippen molar-refractivity contribution < 1.29 is 4.74 Å². The molecule has 0 aliphatic carbocycles. The molecule has 0 radical (unpaired) electrons. The van der Waals surface area contributed by atoms with Crippen LogP contribution in [0.3, 0.4) is 0 Å². The van der Waals surface area contributed by atoms with Crippen LogP contribution in [0.1, 0.15) is 31.0 Å². The van der Waals surface area contributed by atoms with Crippen LogP contribution in [0, 0.1) is 0 Å². The quantitative estimate of drug-likeness (QED) is 0.783. The van der Waals surface area contributed by atoms with Crippen LogP contribution in [0.25, 0.3) is 0 Å². The summed E-state index contributed by atoms with van der Waals surface area (Å²) in [6.07, 6.45) is 0.129. The topological polar surface area (TPSA) is 21.3 Å². The van der Waals surface area contributed by atoms with Crippen molar-refractivity contribution in [3.8, 4) is 5.75 Å². The maximum absolute atomic E-state index is 6.40. The molecular weight excluding hydrogens is 350 g/mol. The van der Waals surface area contributed by atoms with Crippen LogP contribution in [0.5, 0.6) is 5.75 Å². The van der Waals surface area contributed by atoms with E-state index in [1.807, 2.05) is 57.3 Å². The van der Waals surface area contributed by atoms with Gasteiger partial charge >= 0.3 is 0 Å². The molecule has 1 atom stereocenters. The summed E-state index contributed by atoms with van der Waals surface area (Å²) < 4.78 is 6.89. The minimum atomic E-state index is -0.0134. The van der Waals surface area contributed by atoms with Gasteiger partial charge in [-0.3, -0.25) is 0 Å². The number of nitrogens with one attached hydrogen (secondary N) is 1. The summed E-state index contributed by atoms with van der Waals surface area (Å²) in [5, 5.41) is 4.05. The van der Waals surface area contributed by atoms with Crippen molar-refractivity contribution in [2.45, 2.75) is 26.0 Å². The largest absolute Gasteiger partial charge is 0.491 e. The second kappa shape index (κ2) is 7.30. The van der Waals surface area contributed by atoms with Gasteiger partial charge in [0.15, 0.2) is 0 Å². The molecule has 0 spiro atoms. The molecule has 4 heteroatoms. The standard InChI is InChI=1S/C17H19BrClNO/c1-11(2)21-16-7-5-4-6-14(16)17(20-3)13-9-8-12(18)10-15(13)19/h4-11,17,20H,1-3H3. The van der Waals surface area contributed by atoms with Crippen LogP contribution in [0.15, 0.2) is 46.9 Å². The Morgan fingerprint density at radius 1 is 1.10 bits per heavy atom. The summed E-state index contributed by atoms with van der Waals surface area (Å²) in [4.78, 5) is 0. The molecule has 0 saturated heterocycles. The molecule has 2 aromatic carbocycles. The Morgan fingerprint density at radius 3 is 2.43 bits per heavy atom. The summed E-state index contributed by atoms with van der Waals surface area (Å²) in [7, 11) is 1.93. The molecule has 2 aromatic rings. The summed E-state index contributed by atoms with van der Waals surface area (Å²) >= 11 is 9.84. The molecule has 0 saturated carbocycles. The Bertz CT molecular complexity index is 615. The van der Waals surface area contributed by atoms with E-state index in [4.69, 9.17) is 16.3 Å². The molecule has 2 rings (SSSR count). The van der Waals surface area contributed by atoms with Crippen LogP contribution in [-0.4, -0.2) is 13.2 Å². The predicted molar refractivity (Wildman–Crippen MR) is 92.3 cm³/mol. The lowest BCUT2D eigenvalue weighted by atomic mass is 9.98. The van der Waals surface area contributed by atoms with Gasteiger partial charge < -0.3 is 10.1 Å². The number of benzene rings is 2. The molecule has 0 aromatic heterocycles. The van der Waals surface area contributed by atoms with E-state index >= 15 is 0 Å². The van der Waals surface area contributed by atoms with E-state index in [1.165, 1.54) is 0 Å². The first-order valence-electron chi connectivity index (χ1n) is 6.90. The van der Waals surface area contributed by atoms with Crippen molar-refractivity contribution >= 4 is 27.5 Å². The normalized spacial score (nSPS) is 12.5. The number of halogens is 2. The van der Waals surface area contributed by atoms with E-state index in [2.05, 4.69) is 27.3 Å². The van der Waals surface area contributed by atoms with Crippen LogP contribution in [0.4, 0.5) is 0 Å². The maximum atomic E-state index is 6.40. The molecule has 0 aliphatic heterocycles. The Kier molecular flexibility index (Phi) is 5.68. The van der Waals surface area contributed by atoms with Gasteiger partial charge in [-0.1, -0.05) is 51.8 Å². The van der Waals surface area contributed by atoms with Gasteiger partial charge in [0.05, 0.1) is 12.1 Å². The minimum Gasteiger partial charge on any atom is -0.491 e. The van der Waals surface area contributed by atoms with Crippen LogP contribution < -0.4 is 10.1 Å². The fourth-order valence-corrected chi connectivity index (χ4v) is 3.08. The summed E-state index contributed by atoms with van der Waals surface area (Å²) in [5.74, 6) is 0.880. The number of hydrogen-bond donors (Lipinski definition) is 1. The maximum Gasteiger partial charge on any atom is 0.124 e. The van der Waals surface area contributed by atoms with Crippen molar-refractivity contribution in [1.29, 1.82) is 0 Å². The molecule has 2 nitrogen and oxygen atoms in total. The average molecular weight is 369 g/mol. The lowest BCUT2D eigenvalue weighted by Gasteiger charge is -2.22. The van der Waals surface area contributed by atoms with Crippen molar-refractivity contribution in [2.75, 3.05) is 7.05 Å². The van der Waals surface area contributed by atoms with E-state index in [-0.39, 0.29) is 12.1 Å². The van der Waals surface area contributed by atoms with E-state index in [0.29, 0.717) is 0 Å². The number of hydrogen-bond acceptors (Lipinski definition) is 2. The molecule has 0 aliphatic rings. The van der Waals surface area contributed by atoms with Gasteiger partial charge in [0, 0.05) is 15.1 Å². The molecule has 0 bridgehead atoms. The molecule has 0 fully saturated rings. The lowest BCUT2D eigenvalue weighted by molar-refractivity contribution is 0.238. The molecule has 0 heterocycles. The van der Waals surface area contributed by atoms with Gasteiger partial charge in [0.2, 0.25) is 0 Å². The fourth-order valence-electron chi connectivity index (χ4n) is 2.29. The Morgan fingerprint density at radius 2 is 1.81 bits per heavy atom. The molecule has 1 unspecified atom stereocenters. The number of rotatable bonds is 5. The van der Waals surface area contributed by atoms with Gasteiger partial charge in [-0.25, -0.2) is 0 Å². The summed E-state index contributed by atoms with van der Waals surface area (Å²) in [5.41, 5.74) is 2.11. The van der Waals surface area contributed by atoms with E-state index in [0.717, 1.165) is 26.4 Å². The highest BCUT2D eigenvalue weighted by Gasteiger charge is 2.19. The highest BCUT2D eigenvalue weighted by Crippen LogP contribution is 2.34. The highest BCUT2D eigenvalue weighted by molar-refractivity contribution is 9.10. The first-order valence-corrected chi connectivity index (χ1v) is 8.07. The van der Waals surface area contributed by atoms with Crippen LogP contribution >= 0.6 is 27.5 Å². The predicted octanol–water partition coefficient (Wildman–Crippen LogP) is 5.20. The first-order chi connectivity index (χ1) is 10.0. The number of ether oxygens (including phenoxy) is 1. The molecule has 112 valence electrons. The monoisotopic (exact) mass is 367 g/mol. The average Bonchev–Trinajstić information content (AvgIpc) is 2.43. The van der Waals surface area contributed by atoms with E-state index in [9.17, 15) is 0 Å². The Hall–Kier alpha value is -1.03. The first kappa shape index (κ1) is 16.3. The zero-order valence-corrected chi connectivity index (χ0v) is 14.7. The fraction of sp³-hybridized carbons (Fsp3) is 0.294. The van der Waals surface area contributed by atoms with E-state index < -0.39 is 0 Å². The minimum absolute atomic E-state index is 0.0134. The van der Waals surface area contributed by atoms with Crippen LogP contribution in [-0.2, 0) is 0 Å². The van der Waals surface area contributed by atoms with Crippen molar-refractivity contribution in [3.63, 3.8) is 0 Å². The van der Waals surface area contributed by atoms with Gasteiger partial charge in [-0.15, -0.1) is 0 Å². The lowest BCUT2D eigenvalue weighted by Crippen LogP contribution is -2.20. The second-order valence-corrected chi connectivity index (χ2v) is 6.41. The van der Waals surface area contributed by atoms with Gasteiger partial charge in [0.1, 0.15) is 5.75 Å². The zero-order chi connectivity index (χ0) is 15.4. The smallest absolute Gasteiger partial charge is 0.124 e. The summed E-state index contributed by atoms with van der Waals surface area (Å²) in [6, 6.07) is 14.0. The van der Waals surface area contributed by atoms with Crippen molar-refractivity contribution in [3.05, 3.63) is 63.1 Å². The van der Waals surface area contributed by atoms with Gasteiger partial charge in [-0.05, 0) is 44.7 Å². The van der Waals surface area contributed by atoms with Crippen molar-refractivity contribution in [2.24, 2.45) is 0 Å². The van der Waals surface area contributed by atoms with Gasteiger partial charge in [0.25, 0.3) is 0 Å². The second-order valence-electron chi connectivity index (χ2n) is 5.09. The Labute approximate surface area is 139 Å². The third-order valence-electron chi connectivity index (χ3n) is 3.15. The summed E-state index contributed by atoms with van der Waals surface area (Å²) in [6.45, 7) is 4.05. The van der Waals surface area contributed by atoms with Gasteiger partial charge in [-0.2, -0.15) is 0 Å². The molecule has 0 amide bonds. The van der Waals surface area contributed by atoms with Crippen molar-refractivity contribution in [1.82, 2.24) is 5.32 Å². The third-order valence-corrected chi connectivity index (χ3v) is 3.98. The molecule has 1 N–H and O–H groups in total. The molecular formula is C17H19BrClNO. The zero-order valence-electron chi connectivity index (χ0n) is 12.4. The highest BCUT2D eigenvalue weighted by atomic mass is 79.9. The Balaban J connectivity index is 2.46. The number of para-hydroxylation sites is 1. The van der Waals surface area contributed by atoms with Crippen LogP contribution in [0.2, 0.25) is 5.02 Å².